The van der Waals surface area contributed by atoms with E-state index in [9.17, 15) is 9.18 Å². The first-order valence-electron chi connectivity index (χ1n) is 7.65. The number of carbonyl (C=O) groups excluding carboxylic acids is 1. The van der Waals surface area contributed by atoms with E-state index in [0.717, 1.165) is 12.0 Å². The third kappa shape index (κ3) is 2.46. The van der Waals surface area contributed by atoms with Crippen LogP contribution in [0.1, 0.15) is 45.8 Å². The fourth-order valence-electron chi connectivity index (χ4n) is 3.27. The molecule has 3 nitrogen and oxygen atoms in total. The van der Waals surface area contributed by atoms with Crippen molar-refractivity contribution >= 4 is 5.91 Å². The minimum Gasteiger partial charge on any atom is -0.318 e. The van der Waals surface area contributed by atoms with Crippen LogP contribution in [0.3, 0.4) is 0 Å². The lowest BCUT2D eigenvalue weighted by molar-refractivity contribution is -0.131. The van der Waals surface area contributed by atoms with Gasteiger partial charge in [0.05, 0.1) is 6.04 Å². The molecule has 1 aromatic carbocycles. The molecule has 2 aliphatic rings. The highest BCUT2D eigenvalue weighted by molar-refractivity contribution is 5.85. The highest BCUT2D eigenvalue weighted by atomic mass is 19.1. The lowest BCUT2D eigenvalue weighted by atomic mass is 10.0. The zero-order valence-electron chi connectivity index (χ0n) is 13.1. The SMILES string of the molecule is CC(C)C1NC(c2cccc(F)c2)N(C2CC2(C)C)C1=O. The monoisotopic (exact) mass is 290 g/mol. The van der Waals surface area contributed by atoms with Crippen LogP contribution in [0, 0.1) is 17.2 Å². The molecular formula is C17H23FN2O. The van der Waals surface area contributed by atoms with Crippen molar-refractivity contribution in [3.63, 3.8) is 0 Å². The normalized spacial score (nSPS) is 31.0. The molecule has 1 saturated carbocycles. The van der Waals surface area contributed by atoms with E-state index in [4.69, 9.17) is 0 Å². The minimum atomic E-state index is -0.259. The van der Waals surface area contributed by atoms with E-state index in [-0.39, 0.29) is 41.3 Å². The van der Waals surface area contributed by atoms with Gasteiger partial charge < -0.3 is 4.90 Å². The van der Waals surface area contributed by atoms with Crippen LogP contribution >= 0.6 is 0 Å². The van der Waals surface area contributed by atoms with E-state index >= 15 is 0 Å². The van der Waals surface area contributed by atoms with E-state index in [1.165, 1.54) is 12.1 Å². The second-order valence-corrected chi connectivity index (χ2v) is 7.30. The average Bonchev–Trinajstić information content (AvgIpc) is 2.87. The Kier molecular flexibility index (Phi) is 3.32. The van der Waals surface area contributed by atoms with Crippen LogP contribution in [0.4, 0.5) is 4.39 Å². The second-order valence-electron chi connectivity index (χ2n) is 7.30. The zero-order chi connectivity index (χ0) is 15.4. The number of nitrogens with one attached hydrogen (secondary N) is 1. The van der Waals surface area contributed by atoms with Gasteiger partial charge in [-0.2, -0.15) is 0 Å². The number of nitrogens with zero attached hydrogens (tertiary/aromatic N) is 1. The van der Waals surface area contributed by atoms with Gasteiger partial charge in [0.15, 0.2) is 0 Å². The lowest BCUT2D eigenvalue weighted by Gasteiger charge is -2.26. The summed E-state index contributed by atoms with van der Waals surface area (Å²) in [7, 11) is 0. The fourth-order valence-corrected chi connectivity index (χ4v) is 3.27. The molecule has 1 aliphatic carbocycles. The first kappa shape index (κ1) is 14.5. The van der Waals surface area contributed by atoms with Crippen molar-refractivity contribution in [1.82, 2.24) is 10.2 Å². The molecule has 21 heavy (non-hydrogen) atoms. The maximum absolute atomic E-state index is 13.5. The van der Waals surface area contributed by atoms with Gasteiger partial charge in [-0.15, -0.1) is 0 Å². The van der Waals surface area contributed by atoms with Gasteiger partial charge in [0.1, 0.15) is 12.0 Å². The molecule has 4 heteroatoms. The largest absolute Gasteiger partial charge is 0.318 e. The summed E-state index contributed by atoms with van der Waals surface area (Å²) in [6, 6.07) is 6.61. The van der Waals surface area contributed by atoms with Crippen LogP contribution in [0.25, 0.3) is 0 Å². The number of halogens is 1. The molecule has 0 bridgehead atoms. The number of amides is 1. The zero-order valence-corrected chi connectivity index (χ0v) is 13.1. The topological polar surface area (TPSA) is 32.3 Å². The number of benzene rings is 1. The maximum Gasteiger partial charge on any atom is 0.241 e. The van der Waals surface area contributed by atoms with E-state index < -0.39 is 0 Å². The van der Waals surface area contributed by atoms with Crippen LogP contribution in [0.15, 0.2) is 24.3 Å². The van der Waals surface area contributed by atoms with Gasteiger partial charge >= 0.3 is 0 Å². The Hall–Kier alpha value is -1.42. The maximum atomic E-state index is 13.5. The van der Waals surface area contributed by atoms with Crippen LogP contribution in [-0.2, 0) is 4.79 Å². The Bertz CT molecular complexity index is 570. The van der Waals surface area contributed by atoms with E-state index in [0.29, 0.717) is 0 Å². The summed E-state index contributed by atoms with van der Waals surface area (Å²) < 4.78 is 13.5. The summed E-state index contributed by atoms with van der Waals surface area (Å²) in [5.41, 5.74) is 0.989. The highest BCUT2D eigenvalue weighted by Gasteiger charge is 2.56. The Morgan fingerprint density at radius 1 is 1.38 bits per heavy atom. The Balaban J connectivity index is 1.95. The second kappa shape index (κ2) is 4.80. The van der Waals surface area contributed by atoms with Crippen molar-refractivity contribution in [1.29, 1.82) is 0 Å². The van der Waals surface area contributed by atoms with Crippen LogP contribution in [-0.4, -0.2) is 22.9 Å². The third-order valence-corrected chi connectivity index (χ3v) is 4.76. The van der Waals surface area contributed by atoms with Gasteiger partial charge in [0.2, 0.25) is 5.91 Å². The molecule has 1 saturated heterocycles. The van der Waals surface area contributed by atoms with Crippen molar-refractivity contribution in [3.05, 3.63) is 35.6 Å². The van der Waals surface area contributed by atoms with E-state index in [2.05, 4.69) is 19.2 Å². The standard InChI is InChI=1S/C17H23FN2O/c1-10(2)14-16(21)20(13-9-17(13,3)4)15(19-14)11-6-5-7-12(18)8-11/h5-8,10,13-15,19H,9H2,1-4H3. The summed E-state index contributed by atoms with van der Waals surface area (Å²) in [4.78, 5) is 14.7. The summed E-state index contributed by atoms with van der Waals surface area (Å²) in [5.74, 6) is 0.111. The number of hydrogen-bond donors (Lipinski definition) is 1. The van der Waals surface area contributed by atoms with Crippen molar-refractivity contribution in [2.45, 2.75) is 52.4 Å². The Labute approximate surface area is 125 Å². The molecule has 1 aliphatic heterocycles. The van der Waals surface area contributed by atoms with Crippen LogP contribution in [0.5, 0.6) is 0 Å². The molecule has 0 aromatic heterocycles. The van der Waals surface area contributed by atoms with Gasteiger partial charge in [0, 0.05) is 6.04 Å². The minimum absolute atomic E-state index is 0.148. The van der Waals surface area contributed by atoms with E-state index in [1.807, 2.05) is 24.8 Å². The predicted octanol–water partition coefficient (Wildman–Crippen LogP) is 3.08. The summed E-state index contributed by atoms with van der Waals surface area (Å²) in [6.45, 7) is 8.44. The van der Waals surface area contributed by atoms with Crippen molar-refractivity contribution in [2.24, 2.45) is 11.3 Å². The predicted molar refractivity (Wildman–Crippen MR) is 79.9 cm³/mol. The van der Waals surface area contributed by atoms with Crippen molar-refractivity contribution in [3.8, 4) is 0 Å². The molecule has 3 unspecified atom stereocenters. The van der Waals surface area contributed by atoms with Crippen LogP contribution in [0.2, 0.25) is 0 Å². The smallest absolute Gasteiger partial charge is 0.241 e. The molecule has 3 rings (SSSR count). The molecule has 2 fully saturated rings. The van der Waals surface area contributed by atoms with Gasteiger partial charge in [0.25, 0.3) is 0 Å². The Morgan fingerprint density at radius 3 is 2.57 bits per heavy atom. The molecule has 0 spiro atoms. The first-order chi connectivity index (χ1) is 9.81. The summed E-state index contributed by atoms with van der Waals surface area (Å²) >= 11 is 0. The van der Waals surface area contributed by atoms with E-state index in [1.54, 1.807) is 6.07 Å². The fraction of sp³-hybridized carbons (Fsp3) is 0.588. The molecule has 3 atom stereocenters. The molecule has 1 heterocycles. The summed E-state index contributed by atoms with van der Waals surface area (Å²) in [5, 5.41) is 3.40. The molecule has 114 valence electrons. The van der Waals surface area contributed by atoms with Crippen molar-refractivity contribution < 1.29 is 9.18 Å². The quantitative estimate of drug-likeness (QED) is 0.928. The lowest BCUT2D eigenvalue weighted by Crippen LogP contribution is -2.36. The number of rotatable bonds is 3. The molecule has 1 amide bonds. The number of hydrogen-bond acceptors (Lipinski definition) is 2. The van der Waals surface area contributed by atoms with Gasteiger partial charge in [-0.25, -0.2) is 4.39 Å². The molecule has 0 radical (unpaired) electrons. The Morgan fingerprint density at radius 2 is 2.05 bits per heavy atom. The molecular weight excluding hydrogens is 267 g/mol. The first-order valence-corrected chi connectivity index (χ1v) is 7.65. The van der Waals surface area contributed by atoms with Gasteiger partial charge in [-0.3, -0.25) is 10.1 Å². The highest BCUT2D eigenvalue weighted by Crippen LogP contribution is 2.52. The molecule has 1 N–H and O–H groups in total. The van der Waals surface area contributed by atoms with Gasteiger partial charge in [-0.05, 0) is 35.4 Å². The number of carbonyl (C=O) groups is 1. The summed E-state index contributed by atoms with van der Waals surface area (Å²) in [6.07, 6.45) is 0.796. The van der Waals surface area contributed by atoms with Crippen LogP contribution < -0.4 is 5.32 Å². The van der Waals surface area contributed by atoms with Crippen molar-refractivity contribution in [2.75, 3.05) is 0 Å². The average molecular weight is 290 g/mol. The molecule has 1 aromatic rings. The third-order valence-electron chi connectivity index (χ3n) is 4.76. The van der Waals surface area contributed by atoms with Gasteiger partial charge in [-0.1, -0.05) is 39.8 Å².